The Balaban J connectivity index is 1.15. The van der Waals surface area contributed by atoms with Crippen LogP contribution in [0.2, 0.25) is 0 Å². The highest BCUT2D eigenvalue weighted by Gasteiger charge is 2.58. The molecule has 336 valence electrons. The van der Waals surface area contributed by atoms with Crippen molar-refractivity contribution in [2.75, 3.05) is 27.3 Å². The molecule has 1 saturated heterocycles. The monoisotopic (exact) mass is 868 g/mol. The molecule has 2 aliphatic heterocycles. The van der Waals surface area contributed by atoms with Crippen molar-refractivity contribution in [1.82, 2.24) is 15.5 Å². The van der Waals surface area contributed by atoms with Gasteiger partial charge in [0.2, 0.25) is 5.91 Å². The Labute approximate surface area is 376 Å². The molecule has 0 bridgehead atoms. The fourth-order valence-electron chi connectivity index (χ4n) is 8.74. The topological polar surface area (TPSA) is 121 Å². The van der Waals surface area contributed by atoms with Crippen LogP contribution in [-0.4, -0.2) is 99.0 Å². The number of ether oxygens (including phenoxy) is 7. The van der Waals surface area contributed by atoms with Crippen molar-refractivity contribution in [3.63, 3.8) is 0 Å². The Kier molecular flexibility index (Phi) is 15.8. The lowest BCUT2D eigenvalue weighted by molar-refractivity contribution is -0.309. The number of carbonyl (C=O) groups is 1. The first-order chi connectivity index (χ1) is 31.4. The lowest BCUT2D eigenvalue weighted by atomic mass is 9.95. The third-order valence-electron chi connectivity index (χ3n) is 11.9. The van der Waals surface area contributed by atoms with Crippen molar-refractivity contribution in [1.29, 1.82) is 0 Å². The fourth-order valence-corrected chi connectivity index (χ4v) is 8.74. The average molecular weight is 869 g/mol. The van der Waals surface area contributed by atoms with Crippen LogP contribution in [0.1, 0.15) is 34.7 Å². The summed E-state index contributed by atoms with van der Waals surface area (Å²) in [6.45, 7) is 3.66. The highest BCUT2D eigenvalue weighted by molar-refractivity contribution is 5.82. The molecule has 5 aromatic rings. The van der Waals surface area contributed by atoms with Crippen molar-refractivity contribution in [2.45, 2.75) is 94.9 Å². The number of benzene rings is 5. The van der Waals surface area contributed by atoms with Gasteiger partial charge in [0.25, 0.3) is 0 Å². The lowest BCUT2D eigenvalue weighted by Crippen LogP contribution is -2.67. The van der Waals surface area contributed by atoms with Gasteiger partial charge in [-0.1, -0.05) is 152 Å². The number of hydrogen-bond acceptors (Lipinski definition) is 11. The molecular formula is C52H60N4O8. The molecule has 8 rings (SSSR count). The van der Waals surface area contributed by atoms with E-state index in [2.05, 4.69) is 22.8 Å². The Bertz CT molecular complexity index is 2190. The van der Waals surface area contributed by atoms with Gasteiger partial charge in [0.05, 0.1) is 64.4 Å². The van der Waals surface area contributed by atoms with E-state index < -0.39 is 42.9 Å². The van der Waals surface area contributed by atoms with Gasteiger partial charge in [0, 0.05) is 26.9 Å². The van der Waals surface area contributed by atoms with E-state index >= 15 is 0 Å². The van der Waals surface area contributed by atoms with Gasteiger partial charge >= 0.3 is 0 Å². The maximum atomic E-state index is 13.3. The Morgan fingerprint density at radius 3 is 1.50 bits per heavy atom. The zero-order chi connectivity index (χ0) is 44.1. The largest absolute Gasteiger partial charge is 0.376 e. The summed E-state index contributed by atoms with van der Waals surface area (Å²) in [5.41, 5.74) is 5.08. The normalized spacial score (nSPS) is 26.1. The molecule has 1 aliphatic carbocycles. The molecule has 2 heterocycles. The van der Waals surface area contributed by atoms with Crippen molar-refractivity contribution in [3.05, 3.63) is 179 Å². The number of guanidine groups is 1. The van der Waals surface area contributed by atoms with Crippen molar-refractivity contribution in [3.8, 4) is 0 Å². The highest BCUT2D eigenvalue weighted by Crippen LogP contribution is 2.40. The number of amides is 1. The van der Waals surface area contributed by atoms with Crippen molar-refractivity contribution in [2.24, 2.45) is 10.9 Å². The molecule has 0 unspecified atom stereocenters. The summed E-state index contributed by atoms with van der Waals surface area (Å²) in [4.78, 5) is 20.5. The molecule has 2 fully saturated rings. The third kappa shape index (κ3) is 11.8. The van der Waals surface area contributed by atoms with Crippen LogP contribution in [0.3, 0.4) is 0 Å². The summed E-state index contributed by atoms with van der Waals surface area (Å²) < 4.78 is 48.0. The summed E-state index contributed by atoms with van der Waals surface area (Å²) in [6, 6.07) is 48.9. The van der Waals surface area contributed by atoms with E-state index in [9.17, 15) is 4.79 Å². The van der Waals surface area contributed by atoms with E-state index in [0.717, 1.165) is 33.8 Å². The second kappa shape index (κ2) is 22.5. The van der Waals surface area contributed by atoms with E-state index in [1.165, 1.54) is 6.92 Å². The van der Waals surface area contributed by atoms with Gasteiger partial charge in [0.15, 0.2) is 12.2 Å². The van der Waals surface area contributed by atoms with Crippen LogP contribution >= 0.6 is 0 Å². The van der Waals surface area contributed by atoms with Gasteiger partial charge in [-0.3, -0.25) is 4.79 Å². The number of hydrogen-bond donors (Lipinski definition) is 2. The Hall–Kier alpha value is -5.44. The van der Waals surface area contributed by atoms with Crippen molar-refractivity contribution >= 4 is 11.9 Å². The molecule has 0 aromatic heterocycles. The fraction of sp³-hybridized carbons (Fsp3) is 0.385. The Morgan fingerprint density at radius 1 is 0.594 bits per heavy atom. The molecule has 1 saturated carbocycles. The summed E-state index contributed by atoms with van der Waals surface area (Å²) in [5.74, 6) is 0.230. The van der Waals surface area contributed by atoms with Crippen LogP contribution in [0.5, 0.6) is 0 Å². The minimum atomic E-state index is -1.02. The number of rotatable bonds is 20. The van der Waals surface area contributed by atoms with E-state index in [0.29, 0.717) is 26.4 Å². The van der Waals surface area contributed by atoms with Gasteiger partial charge in [-0.15, -0.1) is 0 Å². The van der Waals surface area contributed by atoms with Gasteiger partial charge in [0.1, 0.15) is 30.5 Å². The maximum Gasteiger partial charge on any atom is 0.217 e. The molecule has 2 N–H and O–H groups in total. The van der Waals surface area contributed by atoms with Crippen LogP contribution in [0.4, 0.5) is 0 Å². The first-order valence-corrected chi connectivity index (χ1v) is 22.2. The SMILES string of the molecule is CC(=O)N[C@H]1[C@H](O[C@@H]2[C@@H](COCc3ccccc3)[C@@H]3N=C(N(C)C)N[C@@H]3[C@H]2OCc2ccccc2)O[C@H](COCc2ccccc2)[C@@H](OCc2ccccc2)[C@@H]1OCc1ccccc1. The number of aliphatic imine (C=N–C) groups is 1. The van der Waals surface area contributed by atoms with E-state index in [4.69, 9.17) is 38.2 Å². The summed E-state index contributed by atoms with van der Waals surface area (Å²) in [6.07, 6.45) is -4.20. The minimum Gasteiger partial charge on any atom is -0.376 e. The molecule has 0 radical (unpaired) electrons. The van der Waals surface area contributed by atoms with Gasteiger partial charge < -0.3 is 48.7 Å². The smallest absolute Gasteiger partial charge is 0.217 e. The summed E-state index contributed by atoms with van der Waals surface area (Å²) in [7, 11) is 3.95. The second-order valence-electron chi connectivity index (χ2n) is 16.8. The minimum absolute atomic E-state index is 0.164. The third-order valence-corrected chi connectivity index (χ3v) is 11.9. The van der Waals surface area contributed by atoms with E-state index in [1.54, 1.807) is 0 Å². The Morgan fingerprint density at radius 2 is 1.03 bits per heavy atom. The van der Waals surface area contributed by atoms with E-state index in [1.807, 2.05) is 159 Å². The van der Waals surface area contributed by atoms with Gasteiger partial charge in [-0.2, -0.15) is 0 Å². The number of nitrogens with one attached hydrogen (secondary N) is 2. The molecule has 0 spiro atoms. The molecule has 64 heavy (non-hydrogen) atoms. The van der Waals surface area contributed by atoms with Crippen LogP contribution in [0, 0.1) is 5.92 Å². The van der Waals surface area contributed by atoms with E-state index in [-0.39, 0.29) is 43.7 Å². The molecule has 12 heteroatoms. The van der Waals surface area contributed by atoms with Crippen LogP contribution in [0.15, 0.2) is 157 Å². The molecule has 3 aliphatic rings. The van der Waals surface area contributed by atoms with Gasteiger partial charge in [-0.05, 0) is 27.8 Å². The maximum absolute atomic E-state index is 13.3. The zero-order valence-electron chi connectivity index (χ0n) is 36.8. The molecule has 5 aromatic carbocycles. The molecule has 12 nitrogen and oxygen atoms in total. The molecule has 10 atom stereocenters. The molecule has 1 amide bonds. The first-order valence-electron chi connectivity index (χ1n) is 22.2. The van der Waals surface area contributed by atoms with Crippen molar-refractivity contribution < 1.29 is 38.0 Å². The number of fused-ring (bicyclic) bond motifs is 1. The number of carbonyl (C=O) groups excluding carboxylic acids is 1. The predicted molar refractivity (Wildman–Crippen MR) is 244 cm³/mol. The second-order valence-corrected chi connectivity index (χ2v) is 16.8. The zero-order valence-corrected chi connectivity index (χ0v) is 36.8. The molecular weight excluding hydrogens is 809 g/mol. The van der Waals surface area contributed by atoms with Crippen LogP contribution < -0.4 is 10.6 Å². The standard InChI is InChI=1S/C52H60N4O8/c1-36(57)53-46-50(62-33-41-27-17-8-18-28-41)48(60-31-39-23-13-6-14-24-39)43(35-59-30-38-21-11-5-12-22-38)63-51(46)64-47-42(34-58-29-37-19-9-4-10-20-37)44-45(55-52(54-44)56(2)3)49(47)61-32-40-25-15-7-16-26-40/h4-28,42-51H,29-35H2,1-3H3,(H,53,57)(H,54,55)/t42-,43+,44-,45-,46+,47+,48+,49+,50+,51-/m0/s1. The predicted octanol–water partition coefficient (Wildman–Crippen LogP) is 6.68. The summed E-state index contributed by atoms with van der Waals surface area (Å²) in [5, 5.41) is 6.86. The van der Waals surface area contributed by atoms with Crippen LogP contribution in [-0.2, 0) is 71.0 Å². The number of nitrogens with zero attached hydrogens (tertiary/aromatic N) is 2. The summed E-state index contributed by atoms with van der Waals surface area (Å²) >= 11 is 0. The first kappa shape index (κ1) is 45.1. The van der Waals surface area contributed by atoms with Gasteiger partial charge in [-0.25, -0.2) is 4.99 Å². The average Bonchev–Trinajstić information content (AvgIpc) is 3.87. The van der Waals surface area contributed by atoms with Crippen LogP contribution in [0.25, 0.3) is 0 Å². The quantitative estimate of drug-likeness (QED) is 0.0877. The lowest BCUT2D eigenvalue weighted by Gasteiger charge is -2.47. The highest BCUT2D eigenvalue weighted by atomic mass is 16.7.